The number of rotatable bonds is 4. The molecule has 1 aliphatic rings. The van der Waals surface area contributed by atoms with Gasteiger partial charge in [-0.3, -0.25) is 0 Å². The molecule has 0 spiro atoms. The third-order valence-electron chi connectivity index (χ3n) is 4.36. The van der Waals surface area contributed by atoms with Gasteiger partial charge in [0.05, 0.1) is 0 Å². The van der Waals surface area contributed by atoms with Gasteiger partial charge in [-0.25, -0.2) is 9.97 Å². The van der Waals surface area contributed by atoms with Crippen LogP contribution in [0.5, 0.6) is 0 Å². The minimum Gasteiger partial charge on any atom is -0.367 e. The Bertz CT molecular complexity index is 428. The standard InChI is InChI=1S/C16H27N3O/c1-4-20-16(9-7-5-6-8-10-16)15-18-12(2)14(11-17)13(3)19-15/h4-11,17H2,1-3H3. The summed E-state index contributed by atoms with van der Waals surface area (Å²) in [5.41, 5.74) is 8.56. The summed E-state index contributed by atoms with van der Waals surface area (Å²) < 4.78 is 6.16. The Hall–Kier alpha value is -1.00. The summed E-state index contributed by atoms with van der Waals surface area (Å²) in [5.74, 6) is 0.869. The van der Waals surface area contributed by atoms with Crippen LogP contribution in [0.4, 0.5) is 0 Å². The summed E-state index contributed by atoms with van der Waals surface area (Å²) >= 11 is 0. The van der Waals surface area contributed by atoms with Gasteiger partial charge < -0.3 is 10.5 Å². The van der Waals surface area contributed by atoms with E-state index in [1.165, 1.54) is 25.7 Å². The number of ether oxygens (including phenoxy) is 1. The first kappa shape index (κ1) is 15.4. The minimum absolute atomic E-state index is 0.284. The maximum atomic E-state index is 6.16. The van der Waals surface area contributed by atoms with Gasteiger partial charge >= 0.3 is 0 Å². The first-order chi connectivity index (χ1) is 9.63. The van der Waals surface area contributed by atoms with Gasteiger partial charge in [-0.05, 0) is 33.6 Å². The number of nitrogens with zero attached hydrogens (tertiary/aromatic N) is 2. The summed E-state index contributed by atoms with van der Waals surface area (Å²) in [5, 5.41) is 0. The Morgan fingerprint density at radius 3 is 2.05 bits per heavy atom. The molecule has 0 radical (unpaired) electrons. The van der Waals surface area contributed by atoms with Crippen LogP contribution in [-0.4, -0.2) is 16.6 Å². The van der Waals surface area contributed by atoms with Crippen LogP contribution in [0.2, 0.25) is 0 Å². The number of aryl methyl sites for hydroxylation is 2. The quantitative estimate of drug-likeness (QED) is 0.859. The molecule has 20 heavy (non-hydrogen) atoms. The smallest absolute Gasteiger partial charge is 0.160 e. The molecule has 112 valence electrons. The van der Waals surface area contributed by atoms with E-state index in [0.29, 0.717) is 13.2 Å². The molecule has 0 unspecified atom stereocenters. The highest BCUT2D eigenvalue weighted by atomic mass is 16.5. The lowest BCUT2D eigenvalue weighted by Crippen LogP contribution is -2.32. The lowest BCUT2D eigenvalue weighted by Gasteiger charge is -2.31. The predicted octanol–water partition coefficient (Wildman–Crippen LogP) is 3.14. The summed E-state index contributed by atoms with van der Waals surface area (Å²) in [7, 11) is 0. The summed E-state index contributed by atoms with van der Waals surface area (Å²) in [6, 6.07) is 0. The highest BCUT2D eigenvalue weighted by Gasteiger charge is 2.37. The molecular weight excluding hydrogens is 250 g/mol. The predicted molar refractivity (Wildman–Crippen MR) is 80.4 cm³/mol. The average Bonchev–Trinajstić information content (AvgIpc) is 2.65. The van der Waals surface area contributed by atoms with Crippen molar-refractivity contribution < 1.29 is 4.74 Å². The van der Waals surface area contributed by atoms with Crippen molar-refractivity contribution in [1.29, 1.82) is 0 Å². The maximum Gasteiger partial charge on any atom is 0.160 e. The zero-order chi connectivity index (χ0) is 14.6. The molecule has 1 fully saturated rings. The van der Waals surface area contributed by atoms with Gasteiger partial charge in [0.25, 0.3) is 0 Å². The Kier molecular flexibility index (Phi) is 5.11. The fraction of sp³-hybridized carbons (Fsp3) is 0.750. The van der Waals surface area contributed by atoms with E-state index in [1.807, 2.05) is 13.8 Å². The van der Waals surface area contributed by atoms with Gasteiger partial charge in [0.2, 0.25) is 0 Å². The molecule has 1 heterocycles. The second kappa shape index (κ2) is 6.64. The molecule has 0 saturated heterocycles. The van der Waals surface area contributed by atoms with Crippen LogP contribution < -0.4 is 5.73 Å². The molecule has 1 aromatic heterocycles. The lowest BCUT2D eigenvalue weighted by molar-refractivity contribution is -0.0626. The Morgan fingerprint density at radius 2 is 1.60 bits per heavy atom. The zero-order valence-electron chi connectivity index (χ0n) is 13.0. The number of hydrogen-bond acceptors (Lipinski definition) is 4. The molecule has 2 N–H and O–H groups in total. The van der Waals surface area contributed by atoms with E-state index in [2.05, 4.69) is 6.92 Å². The fourth-order valence-corrected chi connectivity index (χ4v) is 3.25. The molecule has 0 bridgehead atoms. The van der Waals surface area contributed by atoms with Gasteiger partial charge in [-0.15, -0.1) is 0 Å². The molecule has 1 aliphatic carbocycles. The second-order valence-electron chi connectivity index (χ2n) is 5.74. The van der Waals surface area contributed by atoms with Crippen LogP contribution in [0, 0.1) is 13.8 Å². The van der Waals surface area contributed by atoms with E-state index >= 15 is 0 Å². The molecule has 0 atom stereocenters. The van der Waals surface area contributed by atoms with Crippen molar-refractivity contribution in [3.63, 3.8) is 0 Å². The molecule has 0 aromatic carbocycles. The fourth-order valence-electron chi connectivity index (χ4n) is 3.25. The van der Waals surface area contributed by atoms with E-state index in [4.69, 9.17) is 20.4 Å². The summed E-state index contributed by atoms with van der Waals surface area (Å²) in [6.45, 7) is 7.31. The molecule has 0 amide bonds. The monoisotopic (exact) mass is 277 g/mol. The molecule has 0 aliphatic heterocycles. The van der Waals surface area contributed by atoms with Crippen molar-refractivity contribution in [3.05, 3.63) is 22.8 Å². The van der Waals surface area contributed by atoms with Crippen LogP contribution in [0.15, 0.2) is 0 Å². The molecule has 4 nitrogen and oxygen atoms in total. The van der Waals surface area contributed by atoms with Gasteiger partial charge in [0, 0.05) is 30.1 Å². The Balaban J connectivity index is 2.43. The van der Waals surface area contributed by atoms with E-state index in [-0.39, 0.29) is 5.60 Å². The summed E-state index contributed by atoms with van der Waals surface area (Å²) in [4.78, 5) is 9.49. The van der Waals surface area contributed by atoms with Crippen molar-refractivity contribution in [1.82, 2.24) is 9.97 Å². The van der Waals surface area contributed by atoms with Crippen molar-refractivity contribution in [3.8, 4) is 0 Å². The van der Waals surface area contributed by atoms with Crippen molar-refractivity contribution in [2.45, 2.75) is 71.4 Å². The van der Waals surface area contributed by atoms with Crippen LogP contribution in [0.3, 0.4) is 0 Å². The van der Waals surface area contributed by atoms with E-state index in [1.54, 1.807) is 0 Å². The Morgan fingerprint density at radius 1 is 1.05 bits per heavy atom. The highest BCUT2D eigenvalue weighted by molar-refractivity contribution is 5.25. The SMILES string of the molecule is CCOC1(c2nc(C)c(CN)c(C)n2)CCCCCC1. The van der Waals surface area contributed by atoms with E-state index in [9.17, 15) is 0 Å². The third kappa shape index (κ3) is 3.01. The number of aromatic nitrogens is 2. The van der Waals surface area contributed by atoms with Crippen molar-refractivity contribution in [2.75, 3.05) is 6.61 Å². The highest BCUT2D eigenvalue weighted by Crippen LogP contribution is 2.38. The van der Waals surface area contributed by atoms with Crippen molar-refractivity contribution >= 4 is 0 Å². The molecule has 1 saturated carbocycles. The van der Waals surface area contributed by atoms with Gasteiger partial charge in [-0.1, -0.05) is 25.7 Å². The third-order valence-corrected chi connectivity index (χ3v) is 4.36. The van der Waals surface area contributed by atoms with Gasteiger partial charge in [0.15, 0.2) is 5.82 Å². The molecule has 1 aromatic rings. The topological polar surface area (TPSA) is 61.0 Å². The van der Waals surface area contributed by atoms with Crippen LogP contribution in [-0.2, 0) is 16.9 Å². The lowest BCUT2D eigenvalue weighted by atomic mass is 9.92. The normalized spacial score (nSPS) is 18.8. The Labute approximate surface area is 122 Å². The zero-order valence-corrected chi connectivity index (χ0v) is 13.0. The molecule has 4 heteroatoms. The van der Waals surface area contributed by atoms with Gasteiger partial charge in [0.1, 0.15) is 5.60 Å². The van der Waals surface area contributed by atoms with Crippen LogP contribution in [0.25, 0.3) is 0 Å². The first-order valence-electron chi connectivity index (χ1n) is 7.81. The van der Waals surface area contributed by atoms with Gasteiger partial charge in [-0.2, -0.15) is 0 Å². The maximum absolute atomic E-state index is 6.16. The van der Waals surface area contributed by atoms with Crippen molar-refractivity contribution in [2.24, 2.45) is 5.73 Å². The summed E-state index contributed by atoms with van der Waals surface area (Å²) in [6.07, 6.45) is 7.02. The van der Waals surface area contributed by atoms with Crippen LogP contribution in [0.1, 0.15) is 68.2 Å². The largest absolute Gasteiger partial charge is 0.367 e. The molecular formula is C16H27N3O. The van der Waals surface area contributed by atoms with E-state index in [0.717, 1.165) is 35.6 Å². The molecule has 2 rings (SSSR count). The number of hydrogen-bond donors (Lipinski definition) is 1. The first-order valence-corrected chi connectivity index (χ1v) is 7.81. The van der Waals surface area contributed by atoms with Crippen LogP contribution >= 0.6 is 0 Å². The number of nitrogens with two attached hydrogens (primary N) is 1. The average molecular weight is 277 g/mol. The van der Waals surface area contributed by atoms with E-state index < -0.39 is 0 Å². The second-order valence-corrected chi connectivity index (χ2v) is 5.74. The minimum atomic E-state index is -0.284.